The number of rotatable bonds is 6. The van der Waals surface area contributed by atoms with E-state index in [0.717, 1.165) is 16.9 Å². The fourth-order valence-corrected chi connectivity index (χ4v) is 3.03. The molecule has 3 N–H and O–H groups in total. The SMILES string of the molecule is Cc1nc(N)sc1C(=O)N/N=C\c1cccc(OCc2ccccc2F)c1. The fraction of sp³-hybridized carbons (Fsp3) is 0.105. The first-order chi connectivity index (χ1) is 13.0. The number of thiazole rings is 1. The first kappa shape index (κ1) is 18.5. The Balaban J connectivity index is 1.60. The third kappa shape index (κ3) is 4.89. The minimum absolute atomic E-state index is 0.121. The van der Waals surface area contributed by atoms with Crippen molar-refractivity contribution in [2.45, 2.75) is 13.5 Å². The minimum Gasteiger partial charge on any atom is -0.489 e. The standard InChI is InChI=1S/C19H17FN4O2S/c1-12-17(27-19(21)23-12)18(25)24-22-10-13-5-4-7-15(9-13)26-11-14-6-2-3-8-16(14)20/h2-10H,11H2,1H3,(H2,21,23)(H,24,25)/b22-10-. The molecule has 0 aliphatic carbocycles. The monoisotopic (exact) mass is 384 g/mol. The molecule has 3 aromatic rings. The molecule has 0 spiro atoms. The first-order valence-corrected chi connectivity index (χ1v) is 8.87. The lowest BCUT2D eigenvalue weighted by Crippen LogP contribution is -2.17. The van der Waals surface area contributed by atoms with Gasteiger partial charge in [-0.25, -0.2) is 14.8 Å². The molecule has 0 saturated heterocycles. The molecule has 0 aliphatic heterocycles. The van der Waals surface area contributed by atoms with Gasteiger partial charge in [-0.2, -0.15) is 5.10 Å². The van der Waals surface area contributed by atoms with Gasteiger partial charge < -0.3 is 10.5 Å². The summed E-state index contributed by atoms with van der Waals surface area (Å²) in [5, 5.41) is 4.27. The molecule has 0 bridgehead atoms. The number of anilines is 1. The highest BCUT2D eigenvalue weighted by atomic mass is 32.1. The molecule has 1 amide bonds. The highest BCUT2D eigenvalue weighted by Gasteiger charge is 2.13. The van der Waals surface area contributed by atoms with Gasteiger partial charge in [-0.1, -0.05) is 41.7 Å². The Bertz CT molecular complexity index is 987. The Morgan fingerprint density at radius 3 is 2.89 bits per heavy atom. The third-order valence-electron chi connectivity index (χ3n) is 3.61. The Morgan fingerprint density at radius 2 is 2.15 bits per heavy atom. The predicted molar refractivity (Wildman–Crippen MR) is 103 cm³/mol. The second-order valence-corrected chi connectivity index (χ2v) is 6.65. The molecule has 6 nitrogen and oxygen atoms in total. The average Bonchev–Trinajstić information content (AvgIpc) is 3.00. The minimum atomic E-state index is -0.370. The number of hydrogen-bond acceptors (Lipinski definition) is 6. The summed E-state index contributed by atoms with van der Waals surface area (Å²) in [6.45, 7) is 1.83. The normalized spacial score (nSPS) is 10.9. The summed E-state index contributed by atoms with van der Waals surface area (Å²) in [6, 6.07) is 13.5. The Kier molecular flexibility index (Phi) is 5.77. The van der Waals surface area contributed by atoms with Gasteiger partial charge in [0.2, 0.25) is 0 Å². The molecule has 0 fully saturated rings. The maximum Gasteiger partial charge on any atom is 0.283 e. The zero-order valence-electron chi connectivity index (χ0n) is 14.5. The van der Waals surface area contributed by atoms with Gasteiger partial charge in [-0.3, -0.25) is 4.79 Å². The molecule has 0 unspecified atom stereocenters. The van der Waals surface area contributed by atoms with E-state index < -0.39 is 0 Å². The van der Waals surface area contributed by atoms with E-state index in [2.05, 4.69) is 15.5 Å². The number of nitrogens with zero attached hydrogens (tertiary/aromatic N) is 2. The van der Waals surface area contributed by atoms with E-state index in [1.54, 1.807) is 43.3 Å². The highest BCUT2D eigenvalue weighted by molar-refractivity contribution is 7.17. The summed E-state index contributed by atoms with van der Waals surface area (Å²) >= 11 is 1.11. The molecule has 0 aliphatic rings. The van der Waals surface area contributed by atoms with Crippen molar-refractivity contribution in [3.8, 4) is 5.75 Å². The summed E-state index contributed by atoms with van der Waals surface area (Å²) in [5.74, 6) is -0.110. The van der Waals surface area contributed by atoms with Crippen LogP contribution in [-0.2, 0) is 6.61 Å². The van der Waals surface area contributed by atoms with Crippen LogP contribution in [0.3, 0.4) is 0 Å². The number of halogens is 1. The van der Waals surface area contributed by atoms with E-state index in [9.17, 15) is 9.18 Å². The van der Waals surface area contributed by atoms with Gasteiger partial charge in [0, 0.05) is 5.56 Å². The molecule has 0 saturated carbocycles. The smallest absolute Gasteiger partial charge is 0.283 e. The van der Waals surface area contributed by atoms with Crippen LogP contribution in [0.5, 0.6) is 5.75 Å². The van der Waals surface area contributed by atoms with Crippen molar-refractivity contribution < 1.29 is 13.9 Å². The number of nitrogens with two attached hydrogens (primary N) is 1. The molecule has 2 aromatic carbocycles. The van der Waals surface area contributed by atoms with Gasteiger partial charge in [0.15, 0.2) is 5.13 Å². The van der Waals surface area contributed by atoms with E-state index in [4.69, 9.17) is 10.5 Å². The van der Waals surface area contributed by atoms with Crippen LogP contribution >= 0.6 is 11.3 Å². The Hall–Kier alpha value is -3.26. The molecule has 8 heteroatoms. The topological polar surface area (TPSA) is 89.6 Å². The summed E-state index contributed by atoms with van der Waals surface area (Å²) in [6.07, 6.45) is 1.49. The molecule has 0 atom stereocenters. The van der Waals surface area contributed by atoms with Crippen molar-refractivity contribution >= 4 is 28.6 Å². The number of aryl methyl sites for hydroxylation is 1. The Labute approximate surface area is 159 Å². The van der Waals surface area contributed by atoms with Gasteiger partial charge in [0.05, 0.1) is 11.9 Å². The number of nitrogens with one attached hydrogen (secondary N) is 1. The van der Waals surface area contributed by atoms with Gasteiger partial charge in [-0.15, -0.1) is 0 Å². The molecule has 1 aromatic heterocycles. The summed E-state index contributed by atoms with van der Waals surface area (Å²) in [5.41, 5.74) is 9.79. The lowest BCUT2D eigenvalue weighted by atomic mass is 10.2. The number of carbonyl (C=O) groups is 1. The van der Waals surface area contributed by atoms with E-state index in [0.29, 0.717) is 27.0 Å². The highest BCUT2D eigenvalue weighted by Crippen LogP contribution is 2.19. The molecule has 1 heterocycles. The molecule has 27 heavy (non-hydrogen) atoms. The molecule has 3 rings (SSSR count). The largest absolute Gasteiger partial charge is 0.489 e. The third-order valence-corrected chi connectivity index (χ3v) is 4.59. The van der Waals surface area contributed by atoms with Crippen LogP contribution in [0, 0.1) is 12.7 Å². The van der Waals surface area contributed by atoms with Crippen LogP contribution in [-0.4, -0.2) is 17.1 Å². The van der Waals surface area contributed by atoms with Gasteiger partial charge >= 0.3 is 0 Å². The van der Waals surface area contributed by atoms with Gasteiger partial charge in [0.25, 0.3) is 5.91 Å². The lowest BCUT2D eigenvalue weighted by Gasteiger charge is -2.07. The summed E-state index contributed by atoms with van der Waals surface area (Å²) in [4.78, 5) is 16.5. The van der Waals surface area contributed by atoms with Crippen LogP contribution in [0.25, 0.3) is 0 Å². The molecule has 138 valence electrons. The van der Waals surface area contributed by atoms with E-state index in [1.165, 1.54) is 12.3 Å². The number of benzene rings is 2. The lowest BCUT2D eigenvalue weighted by molar-refractivity contribution is 0.0958. The number of hydrazone groups is 1. The van der Waals surface area contributed by atoms with Crippen LogP contribution < -0.4 is 15.9 Å². The molecule has 0 radical (unpaired) electrons. The molecular weight excluding hydrogens is 367 g/mol. The zero-order chi connectivity index (χ0) is 19.2. The second kappa shape index (κ2) is 8.41. The van der Waals surface area contributed by atoms with Crippen molar-refractivity contribution in [3.05, 3.63) is 76.0 Å². The van der Waals surface area contributed by atoms with Crippen LogP contribution in [0.2, 0.25) is 0 Å². The van der Waals surface area contributed by atoms with Crippen molar-refractivity contribution in [1.29, 1.82) is 0 Å². The number of amides is 1. The van der Waals surface area contributed by atoms with E-state index in [1.807, 2.05) is 6.07 Å². The van der Waals surface area contributed by atoms with Crippen LogP contribution in [0.1, 0.15) is 26.5 Å². The number of nitrogen functional groups attached to an aromatic ring is 1. The zero-order valence-corrected chi connectivity index (χ0v) is 15.3. The summed E-state index contributed by atoms with van der Waals surface area (Å²) < 4.78 is 19.3. The number of hydrogen-bond donors (Lipinski definition) is 2. The van der Waals surface area contributed by atoms with Crippen LogP contribution in [0.15, 0.2) is 53.6 Å². The predicted octanol–water partition coefficient (Wildman–Crippen LogP) is 3.52. The maximum atomic E-state index is 13.6. The maximum absolute atomic E-state index is 13.6. The van der Waals surface area contributed by atoms with Crippen molar-refractivity contribution in [3.63, 3.8) is 0 Å². The second-order valence-electron chi connectivity index (χ2n) is 5.62. The molecular formula is C19H17FN4O2S. The van der Waals surface area contributed by atoms with Crippen molar-refractivity contribution in [2.24, 2.45) is 5.10 Å². The van der Waals surface area contributed by atoms with Crippen molar-refractivity contribution in [1.82, 2.24) is 10.4 Å². The number of ether oxygens (including phenoxy) is 1. The first-order valence-electron chi connectivity index (χ1n) is 8.05. The van der Waals surface area contributed by atoms with Crippen molar-refractivity contribution in [2.75, 3.05) is 5.73 Å². The fourth-order valence-electron chi connectivity index (χ4n) is 2.31. The van der Waals surface area contributed by atoms with Gasteiger partial charge in [-0.05, 0) is 30.7 Å². The summed E-state index contributed by atoms with van der Waals surface area (Å²) in [7, 11) is 0. The number of aromatic nitrogens is 1. The Morgan fingerprint density at radius 1 is 1.33 bits per heavy atom. The van der Waals surface area contributed by atoms with Crippen LogP contribution in [0.4, 0.5) is 9.52 Å². The quantitative estimate of drug-likeness (QED) is 0.503. The number of carbonyl (C=O) groups excluding carboxylic acids is 1. The van der Waals surface area contributed by atoms with E-state index in [-0.39, 0.29) is 18.3 Å². The average molecular weight is 384 g/mol. The van der Waals surface area contributed by atoms with E-state index >= 15 is 0 Å². The van der Waals surface area contributed by atoms with Gasteiger partial charge in [0.1, 0.15) is 23.1 Å².